The molecule has 26 heavy (non-hydrogen) atoms. The molecule has 2 unspecified atom stereocenters. The number of ether oxygens (including phenoxy) is 1. The second-order valence-corrected chi connectivity index (χ2v) is 8.79. The number of benzene rings is 1. The van der Waals surface area contributed by atoms with Crippen molar-refractivity contribution in [3.8, 4) is 5.88 Å². The van der Waals surface area contributed by atoms with Gasteiger partial charge in [0.05, 0.1) is 32.5 Å². The summed E-state index contributed by atoms with van der Waals surface area (Å²) in [6, 6.07) is 7.57. The topological polar surface area (TPSA) is 51.2 Å². The van der Waals surface area contributed by atoms with Crippen molar-refractivity contribution in [1.82, 2.24) is 9.71 Å². The van der Waals surface area contributed by atoms with E-state index in [2.05, 4.69) is 14.4 Å². The van der Waals surface area contributed by atoms with Crippen LogP contribution >= 0.6 is 11.6 Å². The fourth-order valence-corrected chi connectivity index (χ4v) is 3.04. The van der Waals surface area contributed by atoms with E-state index in [0.717, 1.165) is 0 Å². The highest BCUT2D eigenvalue weighted by atomic mass is 35.5. The molecule has 0 aliphatic rings. The van der Waals surface area contributed by atoms with E-state index in [1.165, 1.54) is 30.3 Å². The van der Waals surface area contributed by atoms with Gasteiger partial charge < -0.3 is 4.74 Å². The Bertz CT molecular complexity index is 800. The van der Waals surface area contributed by atoms with Gasteiger partial charge in [-0.1, -0.05) is 23.7 Å². The minimum Gasteiger partial charge on any atom is -0.417 e. The monoisotopic (exact) mass is 406 g/mol. The Morgan fingerprint density at radius 2 is 1.92 bits per heavy atom. The molecule has 0 bridgehead atoms. The maximum Gasteiger partial charge on any atom is 0.388 e. The molecule has 9 heteroatoms. The standard InChI is InChI=1S/C17H18ClF3N2O2S/c1-17(2,3)26(24)23-15(10-7-8-12(19)11(18)9-10)13-5-4-6-14(22-13)25-16(20)21/h4-9,15-16,23H,1-3H3. The maximum absolute atomic E-state index is 13.5. The van der Waals surface area contributed by atoms with Gasteiger partial charge in [-0.3, -0.25) is 0 Å². The number of hydrogen-bond donors (Lipinski definition) is 1. The summed E-state index contributed by atoms with van der Waals surface area (Å²) in [5.41, 5.74) is 0.763. The summed E-state index contributed by atoms with van der Waals surface area (Å²) >= 11 is 5.85. The Kier molecular flexibility index (Phi) is 6.65. The van der Waals surface area contributed by atoms with Gasteiger partial charge in [0.25, 0.3) is 0 Å². The van der Waals surface area contributed by atoms with Crippen molar-refractivity contribution < 1.29 is 22.1 Å². The number of hydrogen-bond acceptors (Lipinski definition) is 3. The average Bonchev–Trinajstić information content (AvgIpc) is 2.54. The van der Waals surface area contributed by atoms with E-state index >= 15 is 0 Å². The lowest BCUT2D eigenvalue weighted by Gasteiger charge is -2.24. The van der Waals surface area contributed by atoms with Crippen LogP contribution < -0.4 is 9.46 Å². The highest BCUT2D eigenvalue weighted by molar-refractivity contribution is 7.84. The van der Waals surface area contributed by atoms with Crippen LogP contribution in [0.4, 0.5) is 13.2 Å². The quantitative estimate of drug-likeness (QED) is 0.761. The largest absolute Gasteiger partial charge is 0.417 e. The van der Waals surface area contributed by atoms with E-state index in [1.54, 1.807) is 26.8 Å². The average molecular weight is 407 g/mol. The third-order valence-electron chi connectivity index (χ3n) is 3.31. The van der Waals surface area contributed by atoms with Crippen LogP contribution in [0, 0.1) is 5.82 Å². The fraction of sp³-hybridized carbons (Fsp3) is 0.353. The van der Waals surface area contributed by atoms with Gasteiger partial charge in [0.2, 0.25) is 5.88 Å². The van der Waals surface area contributed by atoms with Crippen molar-refractivity contribution in [3.63, 3.8) is 0 Å². The van der Waals surface area contributed by atoms with Gasteiger partial charge in [-0.2, -0.15) is 8.78 Å². The van der Waals surface area contributed by atoms with Crippen LogP contribution in [0.3, 0.4) is 0 Å². The van der Waals surface area contributed by atoms with Crippen molar-refractivity contribution in [2.75, 3.05) is 0 Å². The lowest BCUT2D eigenvalue weighted by molar-refractivity contribution is -0.0529. The molecule has 1 aromatic heterocycles. The fourth-order valence-electron chi connectivity index (χ4n) is 2.02. The highest BCUT2D eigenvalue weighted by Gasteiger charge is 2.26. The van der Waals surface area contributed by atoms with Crippen LogP contribution in [-0.2, 0) is 11.0 Å². The molecule has 142 valence electrons. The molecule has 1 N–H and O–H groups in total. The summed E-state index contributed by atoms with van der Waals surface area (Å²) < 4.78 is 57.6. The number of aromatic nitrogens is 1. The van der Waals surface area contributed by atoms with Crippen LogP contribution in [0.2, 0.25) is 5.02 Å². The van der Waals surface area contributed by atoms with E-state index in [1.807, 2.05) is 0 Å². The van der Waals surface area contributed by atoms with Crippen molar-refractivity contribution in [2.24, 2.45) is 0 Å². The molecule has 0 aliphatic carbocycles. The van der Waals surface area contributed by atoms with Crippen LogP contribution in [0.15, 0.2) is 36.4 Å². The minimum atomic E-state index is -3.02. The zero-order valence-corrected chi connectivity index (χ0v) is 15.9. The summed E-state index contributed by atoms with van der Waals surface area (Å²) in [6.07, 6.45) is 0. The van der Waals surface area contributed by atoms with E-state index in [0.29, 0.717) is 5.56 Å². The summed E-state index contributed by atoms with van der Waals surface area (Å²) in [5, 5.41) is -0.115. The first-order valence-electron chi connectivity index (χ1n) is 7.62. The predicted molar refractivity (Wildman–Crippen MR) is 95.2 cm³/mol. The molecule has 2 rings (SSSR count). The van der Waals surface area contributed by atoms with E-state index < -0.39 is 34.2 Å². The Labute approximate surface area is 157 Å². The molecule has 0 fully saturated rings. The molecule has 0 spiro atoms. The van der Waals surface area contributed by atoms with Crippen molar-refractivity contribution in [3.05, 3.63) is 58.5 Å². The number of nitrogens with zero attached hydrogens (tertiary/aromatic N) is 1. The molecule has 0 radical (unpaired) electrons. The maximum atomic E-state index is 13.5. The Morgan fingerprint density at radius 3 is 2.50 bits per heavy atom. The van der Waals surface area contributed by atoms with Gasteiger partial charge in [-0.25, -0.2) is 18.3 Å². The Balaban J connectivity index is 2.46. The van der Waals surface area contributed by atoms with Gasteiger partial charge >= 0.3 is 6.61 Å². The lowest BCUT2D eigenvalue weighted by atomic mass is 10.0. The van der Waals surface area contributed by atoms with E-state index in [9.17, 15) is 17.4 Å². The van der Waals surface area contributed by atoms with Gasteiger partial charge in [0.1, 0.15) is 5.82 Å². The molecule has 2 aromatic rings. The Morgan fingerprint density at radius 1 is 1.23 bits per heavy atom. The number of nitrogens with one attached hydrogen (secondary N) is 1. The predicted octanol–water partition coefficient (Wildman–Crippen LogP) is 4.62. The van der Waals surface area contributed by atoms with E-state index in [4.69, 9.17) is 11.6 Å². The van der Waals surface area contributed by atoms with Crippen LogP contribution in [0.1, 0.15) is 38.1 Å². The molecular formula is C17H18ClF3N2O2S. The number of rotatable bonds is 6. The van der Waals surface area contributed by atoms with Crippen molar-refractivity contribution in [2.45, 2.75) is 38.2 Å². The second-order valence-electron chi connectivity index (χ2n) is 6.38. The lowest BCUT2D eigenvalue weighted by Crippen LogP contribution is -2.36. The third kappa shape index (κ3) is 5.43. The smallest absolute Gasteiger partial charge is 0.388 e. The molecule has 0 aliphatic heterocycles. The summed E-state index contributed by atoms with van der Waals surface area (Å²) in [4.78, 5) is 4.04. The van der Waals surface area contributed by atoms with Gasteiger partial charge in [0, 0.05) is 6.07 Å². The number of pyridine rings is 1. The van der Waals surface area contributed by atoms with Crippen LogP contribution in [0.5, 0.6) is 5.88 Å². The third-order valence-corrected chi connectivity index (χ3v) is 5.16. The molecule has 4 nitrogen and oxygen atoms in total. The minimum absolute atomic E-state index is 0.115. The summed E-state index contributed by atoms with van der Waals surface area (Å²) in [6.45, 7) is 2.30. The molecule has 0 saturated carbocycles. The number of alkyl halides is 2. The second kappa shape index (κ2) is 8.37. The van der Waals surface area contributed by atoms with E-state index in [-0.39, 0.29) is 16.6 Å². The first-order valence-corrected chi connectivity index (χ1v) is 9.15. The van der Waals surface area contributed by atoms with Crippen LogP contribution in [0.25, 0.3) is 0 Å². The zero-order valence-electron chi connectivity index (χ0n) is 14.3. The summed E-state index contributed by atoms with van der Waals surface area (Å²) in [5.74, 6) is -0.882. The van der Waals surface area contributed by atoms with Crippen molar-refractivity contribution in [1.29, 1.82) is 0 Å². The van der Waals surface area contributed by atoms with Gasteiger partial charge in [-0.05, 0) is 44.5 Å². The first kappa shape index (κ1) is 20.7. The first-order chi connectivity index (χ1) is 12.1. The van der Waals surface area contributed by atoms with Gasteiger partial charge in [-0.15, -0.1) is 0 Å². The SMILES string of the molecule is CC(C)(C)S(=O)NC(c1ccc(F)c(Cl)c1)c1cccc(OC(F)F)n1. The molecule has 0 saturated heterocycles. The highest BCUT2D eigenvalue weighted by Crippen LogP contribution is 2.28. The molecule has 1 heterocycles. The van der Waals surface area contributed by atoms with Gasteiger partial charge in [0.15, 0.2) is 0 Å². The zero-order chi connectivity index (χ0) is 19.5. The van der Waals surface area contributed by atoms with Crippen molar-refractivity contribution >= 4 is 22.6 Å². The molecular weight excluding hydrogens is 389 g/mol. The molecule has 2 atom stereocenters. The van der Waals surface area contributed by atoms with Crippen LogP contribution in [-0.4, -0.2) is 20.6 Å². The molecule has 1 aromatic carbocycles. The molecule has 0 amide bonds. The normalized spacial score (nSPS) is 14.3. The Hall–Kier alpha value is -1.64. The summed E-state index contributed by atoms with van der Waals surface area (Å²) in [7, 11) is -1.51. The number of halogens is 4.